The number of unbranched alkanes of at least 4 members (excludes halogenated alkanes) is 9. The Hall–Kier alpha value is -2.18. The van der Waals surface area contributed by atoms with Gasteiger partial charge in [0.1, 0.15) is 6.61 Å². The maximum absolute atomic E-state index is 12.1. The zero-order valence-electron chi connectivity index (χ0n) is 26.3. The van der Waals surface area contributed by atoms with Crippen LogP contribution in [0.2, 0.25) is 0 Å². The van der Waals surface area contributed by atoms with E-state index >= 15 is 0 Å². The van der Waals surface area contributed by atoms with E-state index in [1.54, 1.807) is 6.08 Å². The zero-order valence-corrected chi connectivity index (χ0v) is 26.3. The van der Waals surface area contributed by atoms with Gasteiger partial charge < -0.3 is 19.7 Å². The highest BCUT2D eigenvalue weighted by molar-refractivity contribution is 5.70. The van der Waals surface area contributed by atoms with Crippen molar-refractivity contribution in [1.82, 2.24) is 0 Å². The standard InChI is InChI=1S/C35H60O6/c1-4-5-6-7-9-15-20-25-32(37)26-21-16-10-8-11-18-23-28-35(39)41-33(29-36)30-40-34(38)27-22-17-13-12-14-19-24-31(2)3/h8-9,11,15-16,20-21,25,31-33,36-37H,4-7,10,12-14,17-19,22-24,26-30H2,1-3H3/b11-8+,15-9-,21-16-,25-20-/t32-,33-/m0/s1. The third-order valence-corrected chi connectivity index (χ3v) is 6.63. The van der Waals surface area contributed by atoms with Gasteiger partial charge in [-0.3, -0.25) is 9.59 Å². The summed E-state index contributed by atoms with van der Waals surface area (Å²) in [4.78, 5) is 24.0. The molecular formula is C35H60O6. The minimum atomic E-state index is -0.819. The van der Waals surface area contributed by atoms with Crippen molar-refractivity contribution >= 4 is 11.9 Å². The molecule has 0 spiro atoms. The van der Waals surface area contributed by atoms with Crippen molar-refractivity contribution in [3.63, 3.8) is 0 Å². The lowest BCUT2D eigenvalue weighted by molar-refractivity contribution is -0.161. The summed E-state index contributed by atoms with van der Waals surface area (Å²) < 4.78 is 10.4. The van der Waals surface area contributed by atoms with Crippen LogP contribution in [0.3, 0.4) is 0 Å². The number of rotatable bonds is 27. The van der Waals surface area contributed by atoms with Gasteiger partial charge in [-0.25, -0.2) is 0 Å². The number of aliphatic hydroxyl groups is 2. The number of allylic oxidation sites excluding steroid dienone is 6. The lowest BCUT2D eigenvalue weighted by atomic mass is 10.0. The first-order valence-corrected chi connectivity index (χ1v) is 16.2. The van der Waals surface area contributed by atoms with Crippen molar-refractivity contribution in [2.24, 2.45) is 5.92 Å². The highest BCUT2D eigenvalue weighted by atomic mass is 16.6. The Morgan fingerprint density at radius 1 is 0.756 bits per heavy atom. The molecule has 0 bridgehead atoms. The van der Waals surface area contributed by atoms with E-state index in [0.717, 1.165) is 44.4 Å². The molecule has 0 aromatic rings. The summed E-state index contributed by atoms with van der Waals surface area (Å²) in [5.74, 6) is 0.0546. The lowest BCUT2D eigenvalue weighted by Crippen LogP contribution is -2.28. The van der Waals surface area contributed by atoms with E-state index in [1.165, 1.54) is 44.9 Å². The number of carbonyl (C=O) groups excluding carboxylic acids is 2. The van der Waals surface area contributed by atoms with Crippen molar-refractivity contribution in [1.29, 1.82) is 0 Å². The third kappa shape index (κ3) is 29.1. The molecule has 236 valence electrons. The van der Waals surface area contributed by atoms with Gasteiger partial charge in [0.05, 0.1) is 12.7 Å². The lowest BCUT2D eigenvalue weighted by Gasteiger charge is -2.15. The smallest absolute Gasteiger partial charge is 0.306 e. The van der Waals surface area contributed by atoms with Gasteiger partial charge in [0, 0.05) is 12.8 Å². The number of carbonyl (C=O) groups is 2. The summed E-state index contributed by atoms with van der Waals surface area (Å²) in [7, 11) is 0. The Labute approximate surface area is 251 Å². The molecule has 0 saturated heterocycles. The van der Waals surface area contributed by atoms with Gasteiger partial charge in [-0.05, 0) is 50.9 Å². The van der Waals surface area contributed by atoms with E-state index < -0.39 is 18.2 Å². The van der Waals surface area contributed by atoms with Crippen LogP contribution in [0.1, 0.15) is 130 Å². The second-order valence-corrected chi connectivity index (χ2v) is 11.2. The first-order valence-electron chi connectivity index (χ1n) is 16.2. The number of hydrogen-bond acceptors (Lipinski definition) is 6. The van der Waals surface area contributed by atoms with Gasteiger partial charge in [-0.2, -0.15) is 0 Å². The molecule has 0 aromatic carbocycles. The monoisotopic (exact) mass is 576 g/mol. The molecule has 0 rings (SSSR count). The molecule has 0 fully saturated rings. The van der Waals surface area contributed by atoms with Crippen molar-refractivity contribution in [2.45, 2.75) is 142 Å². The van der Waals surface area contributed by atoms with Crippen molar-refractivity contribution in [2.75, 3.05) is 13.2 Å². The fraction of sp³-hybridized carbons (Fsp3) is 0.714. The van der Waals surface area contributed by atoms with Crippen molar-refractivity contribution in [3.8, 4) is 0 Å². The maximum Gasteiger partial charge on any atom is 0.306 e. The SMILES string of the molecule is CCCCC/C=C\C=C/[C@H](O)C/C=C\C/C=C/CCCC(=O)O[C@@H](CO)COC(=O)CCCCCCCCC(C)C. The molecule has 0 aliphatic heterocycles. The van der Waals surface area contributed by atoms with E-state index in [4.69, 9.17) is 9.47 Å². The molecule has 6 nitrogen and oxygen atoms in total. The molecule has 6 heteroatoms. The molecule has 0 saturated carbocycles. The predicted molar refractivity (Wildman–Crippen MR) is 169 cm³/mol. The van der Waals surface area contributed by atoms with Crippen LogP contribution in [0.25, 0.3) is 0 Å². The van der Waals surface area contributed by atoms with Crippen LogP contribution in [0.5, 0.6) is 0 Å². The Morgan fingerprint density at radius 3 is 2.17 bits per heavy atom. The van der Waals surface area contributed by atoms with Gasteiger partial charge in [0.2, 0.25) is 0 Å². The highest BCUT2D eigenvalue weighted by Gasteiger charge is 2.15. The van der Waals surface area contributed by atoms with Gasteiger partial charge in [-0.15, -0.1) is 0 Å². The van der Waals surface area contributed by atoms with Crippen LogP contribution >= 0.6 is 0 Å². The molecular weight excluding hydrogens is 516 g/mol. The summed E-state index contributed by atoms with van der Waals surface area (Å²) in [5.41, 5.74) is 0. The summed E-state index contributed by atoms with van der Waals surface area (Å²) in [5, 5.41) is 19.4. The minimum Gasteiger partial charge on any atom is -0.462 e. The fourth-order valence-corrected chi connectivity index (χ4v) is 4.10. The predicted octanol–water partition coefficient (Wildman–Crippen LogP) is 8.33. The van der Waals surface area contributed by atoms with Crippen LogP contribution in [0.4, 0.5) is 0 Å². The van der Waals surface area contributed by atoms with Gasteiger partial charge in [0.15, 0.2) is 6.10 Å². The normalized spacial score (nSPS) is 13.7. The Balaban J connectivity index is 3.83. The molecule has 2 N–H and O–H groups in total. The molecule has 0 aliphatic rings. The Bertz CT molecular complexity index is 737. The molecule has 0 amide bonds. The summed E-state index contributed by atoms with van der Waals surface area (Å²) in [6.45, 7) is 6.21. The maximum atomic E-state index is 12.1. The molecule has 0 radical (unpaired) electrons. The van der Waals surface area contributed by atoms with Crippen molar-refractivity contribution in [3.05, 3.63) is 48.6 Å². The number of aliphatic hydroxyl groups excluding tert-OH is 2. The first-order chi connectivity index (χ1) is 19.9. The van der Waals surface area contributed by atoms with Crippen molar-refractivity contribution < 1.29 is 29.3 Å². The average molecular weight is 577 g/mol. The number of ether oxygens (including phenoxy) is 2. The summed E-state index contributed by atoms with van der Waals surface area (Å²) in [6.07, 6.45) is 30.7. The van der Waals surface area contributed by atoms with Crippen LogP contribution in [-0.2, 0) is 19.1 Å². The van der Waals surface area contributed by atoms with Crippen LogP contribution in [-0.4, -0.2) is 47.6 Å². The molecule has 2 atom stereocenters. The molecule has 41 heavy (non-hydrogen) atoms. The number of esters is 2. The van der Waals surface area contributed by atoms with E-state index in [2.05, 4.69) is 26.8 Å². The van der Waals surface area contributed by atoms with Crippen LogP contribution in [0.15, 0.2) is 48.6 Å². The van der Waals surface area contributed by atoms with E-state index in [9.17, 15) is 19.8 Å². The molecule has 0 unspecified atom stereocenters. The number of hydrogen-bond donors (Lipinski definition) is 2. The largest absolute Gasteiger partial charge is 0.462 e. The molecule has 0 aromatic heterocycles. The Kier molecular flexibility index (Phi) is 27.8. The van der Waals surface area contributed by atoms with E-state index in [1.807, 2.05) is 36.5 Å². The zero-order chi connectivity index (χ0) is 30.4. The van der Waals surface area contributed by atoms with Gasteiger partial charge in [-0.1, -0.05) is 121 Å². The van der Waals surface area contributed by atoms with Crippen LogP contribution < -0.4 is 0 Å². The highest BCUT2D eigenvalue weighted by Crippen LogP contribution is 2.12. The second-order valence-electron chi connectivity index (χ2n) is 11.2. The summed E-state index contributed by atoms with van der Waals surface area (Å²) >= 11 is 0. The molecule has 0 heterocycles. The Morgan fingerprint density at radius 2 is 1.44 bits per heavy atom. The third-order valence-electron chi connectivity index (χ3n) is 6.63. The second kappa shape index (κ2) is 29.3. The quantitative estimate of drug-likeness (QED) is 0.0442. The fourth-order valence-electron chi connectivity index (χ4n) is 4.10. The topological polar surface area (TPSA) is 93.1 Å². The first kappa shape index (κ1) is 38.8. The van der Waals surface area contributed by atoms with E-state index in [-0.39, 0.29) is 25.6 Å². The average Bonchev–Trinajstić information content (AvgIpc) is 2.95. The van der Waals surface area contributed by atoms with Gasteiger partial charge in [0.25, 0.3) is 0 Å². The molecule has 0 aliphatic carbocycles. The summed E-state index contributed by atoms with van der Waals surface area (Å²) in [6, 6.07) is 0. The van der Waals surface area contributed by atoms with Crippen LogP contribution in [0, 0.1) is 5.92 Å². The van der Waals surface area contributed by atoms with Gasteiger partial charge >= 0.3 is 11.9 Å². The minimum absolute atomic E-state index is 0.108. The van der Waals surface area contributed by atoms with E-state index in [0.29, 0.717) is 19.3 Å².